The summed E-state index contributed by atoms with van der Waals surface area (Å²) in [7, 11) is 0. The van der Waals surface area contributed by atoms with Crippen LogP contribution in [0.3, 0.4) is 0 Å². The Balaban J connectivity index is 2.52. The zero-order valence-electron chi connectivity index (χ0n) is 7.44. The van der Waals surface area contributed by atoms with Crippen molar-refractivity contribution < 1.29 is 0 Å². The quantitative estimate of drug-likeness (QED) is 0.776. The van der Waals surface area contributed by atoms with Crippen molar-refractivity contribution in [1.29, 1.82) is 0 Å². The molecule has 0 amide bonds. The summed E-state index contributed by atoms with van der Waals surface area (Å²) >= 11 is 5.88. The molecule has 2 rings (SSSR count). The minimum absolute atomic E-state index is 0.441. The van der Waals surface area contributed by atoms with Crippen molar-refractivity contribution in [3.63, 3.8) is 0 Å². The third-order valence-corrected chi connectivity index (χ3v) is 2.10. The van der Waals surface area contributed by atoms with Gasteiger partial charge < -0.3 is 5.73 Å². The molecule has 0 bridgehead atoms. The van der Waals surface area contributed by atoms with E-state index in [1.807, 2.05) is 30.3 Å². The molecule has 14 heavy (non-hydrogen) atoms. The van der Waals surface area contributed by atoms with Crippen molar-refractivity contribution in [3.05, 3.63) is 47.5 Å². The number of benzene rings is 1. The Bertz CT molecular complexity index is 420. The van der Waals surface area contributed by atoms with Crippen LogP contribution >= 0.6 is 11.6 Å². The standard InChI is InChI=1S/C11H9ClN2/c12-9-6-10(14-11(13)7-9)8-4-2-1-3-5-8/h1-7H,(H2,13,14). The van der Waals surface area contributed by atoms with Gasteiger partial charge in [0, 0.05) is 10.6 Å². The zero-order valence-corrected chi connectivity index (χ0v) is 8.20. The summed E-state index contributed by atoms with van der Waals surface area (Å²) in [5.74, 6) is 0.441. The number of aromatic nitrogens is 1. The lowest BCUT2D eigenvalue weighted by atomic mass is 10.1. The van der Waals surface area contributed by atoms with Crippen molar-refractivity contribution >= 4 is 17.4 Å². The molecule has 3 heteroatoms. The molecule has 0 atom stereocenters. The summed E-state index contributed by atoms with van der Waals surface area (Å²) in [5, 5.41) is 0.608. The smallest absolute Gasteiger partial charge is 0.125 e. The lowest BCUT2D eigenvalue weighted by Gasteiger charge is -2.02. The van der Waals surface area contributed by atoms with E-state index in [-0.39, 0.29) is 0 Å². The highest BCUT2D eigenvalue weighted by atomic mass is 35.5. The first-order valence-electron chi connectivity index (χ1n) is 4.24. The van der Waals surface area contributed by atoms with Crippen LogP contribution in [0.2, 0.25) is 5.02 Å². The number of nitrogens with zero attached hydrogens (tertiary/aromatic N) is 1. The molecule has 2 N–H and O–H groups in total. The molecule has 0 saturated carbocycles. The molecule has 0 saturated heterocycles. The van der Waals surface area contributed by atoms with E-state index >= 15 is 0 Å². The van der Waals surface area contributed by atoms with Crippen LogP contribution in [0.25, 0.3) is 11.3 Å². The molecule has 0 fully saturated rings. The SMILES string of the molecule is Nc1cc(Cl)cc(-c2ccccc2)n1. The molecule has 0 radical (unpaired) electrons. The molecular weight excluding hydrogens is 196 g/mol. The number of nitrogens with two attached hydrogens (primary N) is 1. The van der Waals surface area contributed by atoms with Crippen LogP contribution in [0.5, 0.6) is 0 Å². The molecule has 1 aromatic heterocycles. The Labute approximate surface area is 87.4 Å². The van der Waals surface area contributed by atoms with Crippen LogP contribution in [-0.2, 0) is 0 Å². The number of anilines is 1. The first-order valence-corrected chi connectivity index (χ1v) is 4.62. The van der Waals surface area contributed by atoms with Gasteiger partial charge in [0.2, 0.25) is 0 Å². The van der Waals surface area contributed by atoms with Gasteiger partial charge in [0.1, 0.15) is 5.82 Å². The fraction of sp³-hybridized carbons (Fsp3) is 0. The minimum Gasteiger partial charge on any atom is -0.384 e. The fourth-order valence-corrected chi connectivity index (χ4v) is 1.49. The monoisotopic (exact) mass is 204 g/mol. The molecule has 1 heterocycles. The van der Waals surface area contributed by atoms with Gasteiger partial charge in [0.05, 0.1) is 5.69 Å². The minimum atomic E-state index is 0.441. The van der Waals surface area contributed by atoms with Crippen LogP contribution in [0.4, 0.5) is 5.82 Å². The highest BCUT2D eigenvalue weighted by Crippen LogP contribution is 2.22. The molecule has 0 unspecified atom stereocenters. The van der Waals surface area contributed by atoms with Crippen molar-refractivity contribution in [2.24, 2.45) is 0 Å². The van der Waals surface area contributed by atoms with E-state index in [9.17, 15) is 0 Å². The summed E-state index contributed by atoms with van der Waals surface area (Å²) in [4.78, 5) is 4.20. The zero-order chi connectivity index (χ0) is 9.97. The second-order valence-electron chi connectivity index (χ2n) is 2.96. The number of pyridine rings is 1. The van der Waals surface area contributed by atoms with Gasteiger partial charge in [-0.2, -0.15) is 0 Å². The van der Waals surface area contributed by atoms with Crippen LogP contribution in [-0.4, -0.2) is 4.98 Å². The van der Waals surface area contributed by atoms with Gasteiger partial charge in [-0.05, 0) is 12.1 Å². The van der Waals surface area contributed by atoms with Gasteiger partial charge in [0.15, 0.2) is 0 Å². The maximum Gasteiger partial charge on any atom is 0.125 e. The average molecular weight is 205 g/mol. The van der Waals surface area contributed by atoms with Crippen LogP contribution in [0.15, 0.2) is 42.5 Å². The number of halogens is 1. The Morgan fingerprint density at radius 3 is 2.43 bits per heavy atom. The topological polar surface area (TPSA) is 38.9 Å². The summed E-state index contributed by atoms with van der Waals surface area (Å²) in [6.45, 7) is 0. The molecule has 0 aliphatic rings. The Morgan fingerprint density at radius 1 is 1.07 bits per heavy atom. The number of hydrogen-bond acceptors (Lipinski definition) is 2. The maximum atomic E-state index is 5.88. The second-order valence-corrected chi connectivity index (χ2v) is 3.40. The Kier molecular flexibility index (Phi) is 2.37. The van der Waals surface area contributed by atoms with Crippen molar-refractivity contribution in [1.82, 2.24) is 4.98 Å². The second kappa shape index (κ2) is 3.68. The van der Waals surface area contributed by atoms with E-state index in [1.54, 1.807) is 12.1 Å². The summed E-state index contributed by atoms with van der Waals surface area (Å²) < 4.78 is 0. The summed E-state index contributed by atoms with van der Waals surface area (Å²) in [6, 6.07) is 13.2. The van der Waals surface area contributed by atoms with Gasteiger partial charge in [-0.15, -0.1) is 0 Å². The number of rotatable bonds is 1. The summed E-state index contributed by atoms with van der Waals surface area (Å²) in [5.41, 5.74) is 7.42. The lowest BCUT2D eigenvalue weighted by Crippen LogP contribution is -1.91. The molecular formula is C11H9ClN2. The Hall–Kier alpha value is -1.54. The van der Waals surface area contributed by atoms with Gasteiger partial charge in [-0.25, -0.2) is 4.98 Å². The third-order valence-electron chi connectivity index (χ3n) is 1.88. The van der Waals surface area contributed by atoms with E-state index < -0.39 is 0 Å². The van der Waals surface area contributed by atoms with E-state index in [0.29, 0.717) is 10.8 Å². The van der Waals surface area contributed by atoms with Crippen LogP contribution in [0, 0.1) is 0 Å². The van der Waals surface area contributed by atoms with Crippen LogP contribution in [0.1, 0.15) is 0 Å². The van der Waals surface area contributed by atoms with Gasteiger partial charge in [0.25, 0.3) is 0 Å². The van der Waals surface area contributed by atoms with E-state index in [0.717, 1.165) is 11.3 Å². The molecule has 2 aromatic rings. The predicted octanol–water partition coefficient (Wildman–Crippen LogP) is 2.98. The summed E-state index contributed by atoms with van der Waals surface area (Å²) in [6.07, 6.45) is 0. The third kappa shape index (κ3) is 1.86. The fourth-order valence-electron chi connectivity index (χ4n) is 1.27. The Morgan fingerprint density at radius 2 is 1.79 bits per heavy atom. The molecule has 1 aromatic carbocycles. The number of nitrogen functional groups attached to an aromatic ring is 1. The first kappa shape index (κ1) is 9.03. The predicted molar refractivity (Wildman–Crippen MR) is 59.1 cm³/mol. The van der Waals surface area contributed by atoms with E-state index in [1.165, 1.54) is 0 Å². The first-order chi connectivity index (χ1) is 6.75. The molecule has 0 aliphatic heterocycles. The van der Waals surface area contributed by atoms with E-state index in [4.69, 9.17) is 17.3 Å². The van der Waals surface area contributed by atoms with Crippen LogP contribution < -0.4 is 5.73 Å². The van der Waals surface area contributed by atoms with Crippen molar-refractivity contribution in [3.8, 4) is 11.3 Å². The normalized spacial score (nSPS) is 10.1. The molecule has 70 valence electrons. The van der Waals surface area contributed by atoms with Gasteiger partial charge in [-0.3, -0.25) is 0 Å². The highest BCUT2D eigenvalue weighted by Gasteiger charge is 2.00. The largest absolute Gasteiger partial charge is 0.384 e. The highest BCUT2D eigenvalue weighted by molar-refractivity contribution is 6.31. The number of hydrogen-bond donors (Lipinski definition) is 1. The van der Waals surface area contributed by atoms with E-state index in [2.05, 4.69) is 4.98 Å². The average Bonchev–Trinajstić information content (AvgIpc) is 2.18. The van der Waals surface area contributed by atoms with Crippen molar-refractivity contribution in [2.75, 3.05) is 5.73 Å². The lowest BCUT2D eigenvalue weighted by molar-refractivity contribution is 1.33. The maximum absolute atomic E-state index is 5.88. The molecule has 0 spiro atoms. The van der Waals surface area contributed by atoms with Gasteiger partial charge in [-0.1, -0.05) is 41.9 Å². The van der Waals surface area contributed by atoms with Gasteiger partial charge >= 0.3 is 0 Å². The molecule has 0 aliphatic carbocycles. The van der Waals surface area contributed by atoms with Crippen molar-refractivity contribution in [2.45, 2.75) is 0 Å². The molecule has 2 nitrogen and oxygen atoms in total.